The second-order valence-corrected chi connectivity index (χ2v) is 5.98. The van der Waals surface area contributed by atoms with E-state index in [-0.39, 0.29) is 11.2 Å². The van der Waals surface area contributed by atoms with Crippen LogP contribution < -0.4 is 5.32 Å². The summed E-state index contributed by atoms with van der Waals surface area (Å²) in [6.07, 6.45) is 5.10. The molecule has 0 bridgehead atoms. The number of carbonyl (C=O) groups is 1. The van der Waals surface area contributed by atoms with Crippen LogP contribution in [0, 0.1) is 11.3 Å². The summed E-state index contributed by atoms with van der Waals surface area (Å²) in [5.41, 5.74) is 0.333. The van der Waals surface area contributed by atoms with Gasteiger partial charge in [-0.05, 0) is 24.2 Å². The second kappa shape index (κ2) is 5.24. The Kier molecular flexibility index (Phi) is 4.50. The maximum absolute atomic E-state index is 11.7. The van der Waals surface area contributed by atoms with E-state index in [0.717, 1.165) is 6.54 Å². The standard InChI is InChI=1S/C12H23NOS/c1-9(2)10(15)11(14)13-8-12(3)6-4-5-7-12/h9-10,15H,4-8H2,1-3H3,(H,13,14). The average molecular weight is 229 g/mol. The zero-order valence-electron chi connectivity index (χ0n) is 10.0. The van der Waals surface area contributed by atoms with Gasteiger partial charge in [0.05, 0.1) is 5.25 Å². The number of rotatable bonds is 4. The molecule has 0 heterocycles. The number of carbonyl (C=O) groups excluding carboxylic acids is 1. The summed E-state index contributed by atoms with van der Waals surface area (Å²) >= 11 is 4.31. The molecule has 3 heteroatoms. The molecule has 1 fully saturated rings. The zero-order valence-corrected chi connectivity index (χ0v) is 10.9. The predicted molar refractivity (Wildman–Crippen MR) is 67.2 cm³/mol. The third-order valence-corrected chi connectivity index (χ3v) is 4.23. The van der Waals surface area contributed by atoms with Crippen LogP contribution in [0.15, 0.2) is 0 Å². The van der Waals surface area contributed by atoms with Crippen LogP contribution in [-0.4, -0.2) is 17.7 Å². The highest BCUT2D eigenvalue weighted by atomic mass is 32.1. The quantitative estimate of drug-likeness (QED) is 0.713. The van der Waals surface area contributed by atoms with Crippen LogP contribution in [0.5, 0.6) is 0 Å². The summed E-state index contributed by atoms with van der Waals surface area (Å²) in [5, 5.41) is 2.86. The molecule has 0 aromatic carbocycles. The molecular weight excluding hydrogens is 206 g/mol. The molecule has 2 nitrogen and oxygen atoms in total. The predicted octanol–water partition coefficient (Wildman–Crippen LogP) is 2.64. The molecule has 1 saturated carbocycles. The molecule has 1 atom stereocenters. The van der Waals surface area contributed by atoms with Gasteiger partial charge in [0.25, 0.3) is 0 Å². The lowest BCUT2D eigenvalue weighted by molar-refractivity contribution is -0.121. The van der Waals surface area contributed by atoms with E-state index in [0.29, 0.717) is 11.3 Å². The van der Waals surface area contributed by atoms with Crippen molar-refractivity contribution >= 4 is 18.5 Å². The summed E-state index contributed by atoms with van der Waals surface area (Å²) in [4.78, 5) is 11.7. The Balaban J connectivity index is 2.33. The Hall–Kier alpha value is -0.180. The molecule has 0 aromatic rings. The molecule has 15 heavy (non-hydrogen) atoms. The van der Waals surface area contributed by atoms with Crippen molar-refractivity contribution in [3.05, 3.63) is 0 Å². The molecule has 88 valence electrons. The zero-order chi connectivity index (χ0) is 11.5. The largest absolute Gasteiger partial charge is 0.355 e. The highest BCUT2D eigenvalue weighted by Crippen LogP contribution is 2.36. The third-order valence-electron chi connectivity index (χ3n) is 3.40. The van der Waals surface area contributed by atoms with Crippen molar-refractivity contribution in [1.82, 2.24) is 5.32 Å². The first kappa shape index (κ1) is 12.9. The van der Waals surface area contributed by atoms with E-state index in [9.17, 15) is 4.79 Å². The van der Waals surface area contributed by atoms with Gasteiger partial charge in [0.1, 0.15) is 0 Å². The van der Waals surface area contributed by atoms with Crippen molar-refractivity contribution in [3.63, 3.8) is 0 Å². The van der Waals surface area contributed by atoms with E-state index in [1.54, 1.807) is 0 Å². The topological polar surface area (TPSA) is 29.1 Å². The number of hydrogen-bond acceptors (Lipinski definition) is 2. The fraction of sp³-hybridized carbons (Fsp3) is 0.917. The smallest absolute Gasteiger partial charge is 0.233 e. The summed E-state index contributed by atoms with van der Waals surface area (Å²) < 4.78 is 0. The van der Waals surface area contributed by atoms with Gasteiger partial charge in [-0.2, -0.15) is 12.6 Å². The first-order chi connectivity index (χ1) is 6.94. The van der Waals surface area contributed by atoms with E-state index in [4.69, 9.17) is 0 Å². The number of thiol groups is 1. The monoisotopic (exact) mass is 229 g/mol. The van der Waals surface area contributed by atoms with E-state index < -0.39 is 0 Å². The Morgan fingerprint density at radius 3 is 2.40 bits per heavy atom. The van der Waals surface area contributed by atoms with Gasteiger partial charge in [-0.25, -0.2) is 0 Å². The van der Waals surface area contributed by atoms with Crippen molar-refractivity contribution in [3.8, 4) is 0 Å². The van der Waals surface area contributed by atoms with Crippen LogP contribution in [0.1, 0.15) is 46.5 Å². The first-order valence-electron chi connectivity index (χ1n) is 5.90. The number of amides is 1. The molecule has 0 aromatic heterocycles. The van der Waals surface area contributed by atoms with Gasteiger partial charge < -0.3 is 5.32 Å². The minimum Gasteiger partial charge on any atom is -0.355 e. The highest BCUT2D eigenvalue weighted by molar-refractivity contribution is 7.81. The first-order valence-corrected chi connectivity index (χ1v) is 6.42. The van der Waals surface area contributed by atoms with Crippen molar-refractivity contribution in [2.75, 3.05) is 6.54 Å². The van der Waals surface area contributed by atoms with E-state index in [1.165, 1.54) is 25.7 Å². The van der Waals surface area contributed by atoms with Gasteiger partial charge >= 0.3 is 0 Å². The van der Waals surface area contributed by atoms with Gasteiger partial charge in [-0.3, -0.25) is 4.79 Å². The van der Waals surface area contributed by atoms with E-state index in [1.807, 2.05) is 13.8 Å². The molecule has 0 radical (unpaired) electrons. The SMILES string of the molecule is CC(C)C(S)C(=O)NCC1(C)CCCC1. The number of hydrogen-bond donors (Lipinski definition) is 2. The fourth-order valence-corrected chi connectivity index (χ4v) is 2.20. The lowest BCUT2D eigenvalue weighted by Crippen LogP contribution is -2.40. The Morgan fingerprint density at radius 1 is 1.40 bits per heavy atom. The van der Waals surface area contributed by atoms with Crippen LogP contribution in [0.4, 0.5) is 0 Å². The van der Waals surface area contributed by atoms with Gasteiger partial charge in [-0.1, -0.05) is 33.6 Å². The van der Waals surface area contributed by atoms with Crippen molar-refractivity contribution in [1.29, 1.82) is 0 Å². The molecule has 0 saturated heterocycles. The third kappa shape index (κ3) is 3.71. The van der Waals surface area contributed by atoms with Gasteiger partial charge in [0.15, 0.2) is 0 Å². The maximum Gasteiger partial charge on any atom is 0.233 e. The van der Waals surface area contributed by atoms with Gasteiger partial charge in [-0.15, -0.1) is 0 Å². The lowest BCUT2D eigenvalue weighted by Gasteiger charge is -2.25. The van der Waals surface area contributed by atoms with Crippen LogP contribution >= 0.6 is 12.6 Å². The molecule has 1 rings (SSSR count). The van der Waals surface area contributed by atoms with Gasteiger partial charge in [0.2, 0.25) is 5.91 Å². The fourth-order valence-electron chi connectivity index (χ4n) is 2.11. The van der Waals surface area contributed by atoms with Crippen LogP contribution in [0.25, 0.3) is 0 Å². The minimum atomic E-state index is -0.171. The number of nitrogens with one attached hydrogen (secondary N) is 1. The average Bonchev–Trinajstić information content (AvgIpc) is 2.61. The molecule has 0 aliphatic heterocycles. The molecule has 1 aliphatic rings. The summed E-state index contributed by atoms with van der Waals surface area (Å²) in [5.74, 6) is 0.381. The van der Waals surface area contributed by atoms with Crippen molar-refractivity contribution in [2.45, 2.75) is 51.7 Å². The van der Waals surface area contributed by atoms with Crippen LogP contribution in [0.2, 0.25) is 0 Å². The van der Waals surface area contributed by atoms with Gasteiger partial charge in [0, 0.05) is 6.54 Å². The van der Waals surface area contributed by atoms with E-state index >= 15 is 0 Å². The summed E-state index contributed by atoms with van der Waals surface area (Å²) in [6, 6.07) is 0. The Labute approximate surface area is 98.6 Å². The molecule has 1 amide bonds. The molecular formula is C12H23NOS. The molecule has 1 aliphatic carbocycles. The van der Waals surface area contributed by atoms with Crippen molar-refractivity contribution in [2.24, 2.45) is 11.3 Å². The summed E-state index contributed by atoms with van der Waals surface area (Å²) in [7, 11) is 0. The minimum absolute atomic E-state index is 0.0847. The van der Waals surface area contributed by atoms with Crippen LogP contribution in [-0.2, 0) is 4.79 Å². The second-order valence-electron chi connectivity index (χ2n) is 5.42. The maximum atomic E-state index is 11.7. The van der Waals surface area contributed by atoms with Crippen molar-refractivity contribution < 1.29 is 4.79 Å². The molecule has 1 N–H and O–H groups in total. The highest BCUT2D eigenvalue weighted by Gasteiger charge is 2.29. The van der Waals surface area contributed by atoms with E-state index in [2.05, 4.69) is 24.9 Å². The summed E-state index contributed by atoms with van der Waals surface area (Å²) in [6.45, 7) is 7.13. The Morgan fingerprint density at radius 2 is 1.93 bits per heavy atom. The lowest BCUT2D eigenvalue weighted by atomic mass is 9.89. The normalized spacial score (nSPS) is 21.7. The van der Waals surface area contributed by atoms with Crippen LogP contribution in [0.3, 0.4) is 0 Å². The Bertz CT molecular complexity index is 222. The molecule has 0 spiro atoms. The molecule has 1 unspecified atom stereocenters.